The number of aromatic carboxylic acids is 1. The average Bonchev–Trinajstić information content (AvgIpc) is 3.79. The highest BCUT2D eigenvalue weighted by Crippen LogP contribution is 2.37. The van der Waals surface area contributed by atoms with E-state index in [1.807, 2.05) is 0 Å². The van der Waals surface area contributed by atoms with Gasteiger partial charge in [0.05, 0.1) is 47.6 Å². The van der Waals surface area contributed by atoms with Gasteiger partial charge in [0, 0.05) is 23.3 Å². The molecule has 23 heteroatoms. The molecule has 0 unspecified atom stereocenters. The maximum absolute atomic E-state index is 13.3. The molecular weight excluding hydrogens is 794 g/mol. The number of imidazole rings is 2. The van der Waals surface area contributed by atoms with Crippen LogP contribution in [0.15, 0.2) is 120 Å². The second kappa shape index (κ2) is 16.5. The van der Waals surface area contributed by atoms with Crippen molar-refractivity contribution in [2.24, 2.45) is 0 Å². The molecule has 0 fully saturated rings. The van der Waals surface area contributed by atoms with E-state index in [-0.39, 0.29) is 45.5 Å². The molecule has 0 atom stereocenters. The summed E-state index contributed by atoms with van der Waals surface area (Å²) in [5.41, 5.74) is 3.68. The molecule has 0 aliphatic carbocycles. The number of aromatic amines is 2. The van der Waals surface area contributed by atoms with Crippen LogP contribution >= 0.6 is 0 Å². The molecule has 300 valence electrons. The molecule has 17 nitrogen and oxygen atoms in total. The summed E-state index contributed by atoms with van der Waals surface area (Å²) in [5.74, 6) is -1.52. The van der Waals surface area contributed by atoms with E-state index < -0.39 is 46.5 Å². The smallest absolute Gasteiger partial charge is 0.417 e. The topological polar surface area (TPSA) is 244 Å². The number of nitrogens with zero attached hydrogens (tertiary/aromatic N) is 8. The van der Waals surface area contributed by atoms with Crippen LogP contribution in [-0.2, 0) is 12.4 Å². The number of fused-ring (bicyclic) bond motifs is 2. The van der Waals surface area contributed by atoms with Gasteiger partial charge < -0.3 is 26.1 Å². The number of benzene rings is 2. The van der Waals surface area contributed by atoms with E-state index in [1.54, 1.807) is 6.07 Å². The number of carboxylic acid groups (broad SMARTS) is 1. The highest BCUT2D eigenvalue weighted by molar-refractivity contribution is 6.02. The van der Waals surface area contributed by atoms with Crippen molar-refractivity contribution in [3.63, 3.8) is 0 Å². The number of nitrogens with one attached hydrogen (secondary N) is 3. The van der Waals surface area contributed by atoms with Gasteiger partial charge in [-0.15, -0.1) is 0 Å². The third kappa shape index (κ3) is 9.42. The predicted molar refractivity (Wildman–Crippen MR) is 196 cm³/mol. The summed E-state index contributed by atoms with van der Waals surface area (Å²) in [4.78, 5) is 63.9. The lowest BCUT2D eigenvalue weighted by atomic mass is 10.0. The van der Waals surface area contributed by atoms with Crippen molar-refractivity contribution in [2.45, 2.75) is 12.4 Å². The van der Waals surface area contributed by atoms with Crippen LogP contribution in [0, 0.1) is 0 Å². The number of anilines is 2. The molecule has 0 spiro atoms. The van der Waals surface area contributed by atoms with Gasteiger partial charge in [-0.1, -0.05) is 36.4 Å². The minimum Gasteiger partial charge on any atom is -0.477 e. The number of carboxylic acids is 1. The minimum atomic E-state index is -4.55. The van der Waals surface area contributed by atoms with Crippen LogP contribution < -0.4 is 22.2 Å². The molecule has 1 amide bonds. The summed E-state index contributed by atoms with van der Waals surface area (Å²) in [5, 5.41) is 19.1. The average molecular weight is 819 g/mol. The number of carbonyl (C=O) groups is 2. The number of carbonyl (C=O) groups excluding carboxylic acids is 1. The van der Waals surface area contributed by atoms with Gasteiger partial charge in [0.25, 0.3) is 17.0 Å². The van der Waals surface area contributed by atoms with Crippen LogP contribution in [0.25, 0.3) is 33.8 Å². The number of halogens is 6. The van der Waals surface area contributed by atoms with Gasteiger partial charge in [-0.05, 0) is 36.4 Å². The van der Waals surface area contributed by atoms with E-state index in [4.69, 9.17) is 10.8 Å². The highest BCUT2D eigenvalue weighted by atomic mass is 19.4. The molecule has 6 aromatic heterocycles. The summed E-state index contributed by atoms with van der Waals surface area (Å²) in [7, 11) is 0. The summed E-state index contributed by atoms with van der Waals surface area (Å²) in [6, 6.07) is 18.2. The van der Waals surface area contributed by atoms with Crippen LogP contribution in [0.2, 0.25) is 0 Å². The summed E-state index contributed by atoms with van der Waals surface area (Å²) in [6.45, 7) is 0. The van der Waals surface area contributed by atoms with E-state index in [0.717, 1.165) is 36.9 Å². The summed E-state index contributed by atoms with van der Waals surface area (Å²) in [6.07, 6.45) is -4.16. The second-order valence-electron chi connectivity index (χ2n) is 11.7. The quantitative estimate of drug-likeness (QED) is 0.141. The van der Waals surface area contributed by atoms with Crippen LogP contribution in [0.4, 0.5) is 38.0 Å². The predicted octanol–water partition coefficient (Wildman–Crippen LogP) is 5.22. The molecule has 0 radical (unpaired) electrons. The van der Waals surface area contributed by atoms with Crippen molar-refractivity contribution in [1.82, 2.24) is 49.1 Å². The van der Waals surface area contributed by atoms with Crippen molar-refractivity contribution in [2.75, 3.05) is 11.1 Å². The molecule has 2 aromatic carbocycles. The zero-order chi connectivity index (χ0) is 42.5. The molecule has 0 saturated heterocycles. The Morgan fingerprint density at radius 2 is 1.12 bits per heavy atom. The lowest BCUT2D eigenvalue weighted by Gasteiger charge is -2.12. The van der Waals surface area contributed by atoms with E-state index in [1.165, 1.54) is 76.0 Å². The second-order valence-corrected chi connectivity index (χ2v) is 11.7. The van der Waals surface area contributed by atoms with E-state index >= 15 is 0 Å². The molecular formula is C36H24F6N12O5. The Balaban J connectivity index is 0.000000168. The lowest BCUT2D eigenvalue weighted by Crippen LogP contribution is -2.18. The Labute approximate surface area is 323 Å². The Morgan fingerprint density at radius 1 is 0.644 bits per heavy atom. The van der Waals surface area contributed by atoms with Gasteiger partial charge >= 0.3 is 18.3 Å². The summed E-state index contributed by atoms with van der Waals surface area (Å²) < 4.78 is 81.5. The largest absolute Gasteiger partial charge is 0.477 e. The Kier molecular flexibility index (Phi) is 11.3. The van der Waals surface area contributed by atoms with E-state index in [0.29, 0.717) is 11.3 Å². The Bertz CT molecular complexity index is 2940. The molecule has 0 bridgehead atoms. The molecule has 8 rings (SSSR count). The molecule has 59 heavy (non-hydrogen) atoms. The SMILES string of the molecule is Nc1cnc2ccc(-c3ccccc3C(F)(F)F)nn12.O=C(Nc1cnc2ccc(-c3ccccc3C(F)(F)F)nn12)c1cc(=O)[nH]cn1.O=C(O)c1cc(=O)[nH]cn1. The van der Waals surface area contributed by atoms with Crippen LogP contribution in [0.3, 0.4) is 0 Å². The zero-order valence-corrected chi connectivity index (χ0v) is 29.4. The van der Waals surface area contributed by atoms with Crippen molar-refractivity contribution in [1.29, 1.82) is 0 Å². The molecule has 0 aliphatic rings. The summed E-state index contributed by atoms with van der Waals surface area (Å²) >= 11 is 0. The van der Waals surface area contributed by atoms with Gasteiger partial charge in [-0.25, -0.2) is 24.7 Å². The van der Waals surface area contributed by atoms with Crippen LogP contribution in [0.1, 0.15) is 32.1 Å². The van der Waals surface area contributed by atoms with Crippen molar-refractivity contribution in [3.05, 3.63) is 153 Å². The number of rotatable bonds is 5. The standard InChI is InChI=1S/C18H11F3N6O2.C13H9F3N4.C5H4N2O3/c19-18(20,21)11-4-2-1-3-10(11)12-5-6-14-22-8-15(27(14)26-12)25-17(29)13-7-16(28)24-9-23-13;14-13(15,16)9-4-2-1-3-8(9)10-5-6-12-18-7-11(17)20(12)19-10;8-4-1-3(5(9)10)6-2-7-4/h1-9H,(H,25,29)(H,23,24,28);1-7H,17H2;1-2H,(H,9,10)(H,6,7,8). The fourth-order valence-corrected chi connectivity index (χ4v) is 5.20. The van der Waals surface area contributed by atoms with E-state index in [2.05, 4.69) is 45.4 Å². The number of nitrogen functional groups attached to an aromatic ring is 1. The maximum atomic E-state index is 13.3. The molecule has 8 aromatic rings. The number of aromatic nitrogens is 10. The first-order valence-corrected chi connectivity index (χ1v) is 16.4. The van der Waals surface area contributed by atoms with Crippen molar-refractivity contribution < 1.29 is 41.0 Å². The first-order valence-electron chi connectivity index (χ1n) is 16.4. The number of hydrogen-bond donors (Lipinski definition) is 5. The first-order chi connectivity index (χ1) is 28.0. The third-order valence-electron chi connectivity index (χ3n) is 7.82. The number of alkyl halides is 6. The fraction of sp³-hybridized carbons (Fsp3) is 0.0556. The monoisotopic (exact) mass is 818 g/mol. The molecule has 6 N–H and O–H groups in total. The van der Waals surface area contributed by atoms with Crippen LogP contribution in [-0.4, -0.2) is 66.1 Å². The highest BCUT2D eigenvalue weighted by Gasteiger charge is 2.34. The third-order valence-corrected chi connectivity index (χ3v) is 7.82. The zero-order valence-electron chi connectivity index (χ0n) is 29.4. The molecule has 6 heterocycles. The lowest BCUT2D eigenvalue weighted by molar-refractivity contribution is -0.137. The first kappa shape index (κ1) is 40.4. The van der Waals surface area contributed by atoms with Crippen LogP contribution in [0.5, 0.6) is 0 Å². The number of H-pyrrole nitrogens is 2. The van der Waals surface area contributed by atoms with Gasteiger partial charge in [0.1, 0.15) is 11.5 Å². The fourth-order valence-electron chi connectivity index (χ4n) is 5.20. The Hall–Kier alpha value is -8.24. The number of hydrogen-bond acceptors (Lipinski definition) is 11. The Morgan fingerprint density at radius 3 is 1.63 bits per heavy atom. The molecule has 0 saturated carbocycles. The normalized spacial score (nSPS) is 11.3. The van der Waals surface area contributed by atoms with E-state index in [9.17, 15) is 45.5 Å². The number of nitrogens with two attached hydrogens (primary N) is 1. The maximum Gasteiger partial charge on any atom is 0.417 e. The van der Waals surface area contributed by atoms with Gasteiger partial charge in [0.2, 0.25) is 0 Å². The molecule has 0 aliphatic heterocycles. The minimum absolute atomic E-state index is 0.00926. The number of amides is 1. The van der Waals surface area contributed by atoms with Gasteiger partial charge in [-0.2, -0.15) is 45.6 Å². The van der Waals surface area contributed by atoms with Crippen molar-refractivity contribution >= 4 is 34.8 Å². The van der Waals surface area contributed by atoms with Gasteiger partial charge in [0.15, 0.2) is 22.8 Å². The van der Waals surface area contributed by atoms with Crippen molar-refractivity contribution in [3.8, 4) is 22.5 Å². The van der Waals surface area contributed by atoms with Gasteiger partial charge in [-0.3, -0.25) is 14.4 Å².